The topological polar surface area (TPSA) is 113 Å². The van der Waals surface area contributed by atoms with Gasteiger partial charge in [0, 0.05) is 13.1 Å². The van der Waals surface area contributed by atoms with Crippen molar-refractivity contribution in [2.24, 2.45) is 0 Å². The minimum atomic E-state index is -3.81. The van der Waals surface area contributed by atoms with Crippen molar-refractivity contribution in [1.82, 2.24) is 4.31 Å². The molecule has 1 atom stereocenters. The van der Waals surface area contributed by atoms with E-state index in [-0.39, 0.29) is 36.0 Å². The molecular formula is C27H28N2O8S. The van der Waals surface area contributed by atoms with Crippen LogP contribution in [0.4, 0.5) is 5.69 Å². The number of rotatable bonds is 8. The number of amides is 1. The van der Waals surface area contributed by atoms with Crippen LogP contribution in [0, 0.1) is 0 Å². The molecule has 11 heteroatoms. The molecule has 10 nitrogen and oxygen atoms in total. The Kier molecular flexibility index (Phi) is 7.68. The first-order valence-electron chi connectivity index (χ1n) is 12.3. The fourth-order valence-electron chi connectivity index (χ4n) is 4.05. The maximum atomic E-state index is 13.3. The van der Waals surface area contributed by atoms with Crippen molar-refractivity contribution in [3.8, 4) is 28.7 Å². The van der Waals surface area contributed by atoms with E-state index in [9.17, 15) is 13.2 Å². The van der Waals surface area contributed by atoms with Crippen LogP contribution in [0.1, 0.15) is 6.92 Å². The van der Waals surface area contributed by atoms with Crippen LogP contribution in [0.25, 0.3) is 0 Å². The number of morpholine rings is 1. The largest absolute Gasteiger partial charge is 0.494 e. The molecule has 3 aromatic rings. The zero-order valence-corrected chi connectivity index (χ0v) is 21.6. The average molecular weight is 541 g/mol. The molecule has 0 saturated carbocycles. The number of ether oxygens (including phenoxy) is 5. The number of para-hydroxylation sites is 2. The second-order valence-electron chi connectivity index (χ2n) is 8.53. The lowest BCUT2D eigenvalue weighted by molar-refractivity contribution is -0.125. The minimum absolute atomic E-state index is 0.00367. The van der Waals surface area contributed by atoms with E-state index in [0.29, 0.717) is 42.8 Å². The van der Waals surface area contributed by atoms with Gasteiger partial charge in [-0.05, 0) is 61.5 Å². The van der Waals surface area contributed by atoms with Crippen LogP contribution < -0.4 is 24.3 Å². The van der Waals surface area contributed by atoms with E-state index in [0.717, 1.165) is 0 Å². The standard InChI is InChI=1S/C27H28N2O8S/c1-2-34-19-7-9-20(10-8-19)36-23-12-11-21(38(31,32)29-13-15-33-16-14-29)17-22(23)28-27(30)26-18-35-24-5-3-4-6-25(24)37-26/h3-12,17,26H,2,13-16,18H2,1H3,(H,28,30). The van der Waals surface area contributed by atoms with Crippen molar-refractivity contribution < 1.29 is 36.9 Å². The van der Waals surface area contributed by atoms with E-state index in [2.05, 4.69) is 5.32 Å². The summed E-state index contributed by atoms with van der Waals surface area (Å²) in [6.07, 6.45) is -0.942. The van der Waals surface area contributed by atoms with Gasteiger partial charge in [0.2, 0.25) is 16.1 Å². The smallest absolute Gasteiger partial charge is 0.269 e. The van der Waals surface area contributed by atoms with Gasteiger partial charge in [0.05, 0.1) is 30.4 Å². The molecule has 1 saturated heterocycles. The van der Waals surface area contributed by atoms with Gasteiger partial charge in [-0.1, -0.05) is 12.1 Å². The predicted molar refractivity (Wildman–Crippen MR) is 139 cm³/mol. The number of hydrogen-bond donors (Lipinski definition) is 1. The Morgan fingerprint density at radius 3 is 2.45 bits per heavy atom. The van der Waals surface area contributed by atoms with Gasteiger partial charge in [-0.3, -0.25) is 4.79 Å². The fourth-order valence-corrected chi connectivity index (χ4v) is 5.49. The maximum Gasteiger partial charge on any atom is 0.269 e. The Hall–Kier alpha value is -3.80. The molecule has 200 valence electrons. The van der Waals surface area contributed by atoms with Gasteiger partial charge in [-0.25, -0.2) is 8.42 Å². The normalized spacial score (nSPS) is 17.4. The van der Waals surface area contributed by atoms with Crippen molar-refractivity contribution in [3.63, 3.8) is 0 Å². The summed E-state index contributed by atoms with van der Waals surface area (Å²) in [4.78, 5) is 13.2. The van der Waals surface area contributed by atoms with Crippen LogP contribution in [0.15, 0.2) is 71.6 Å². The van der Waals surface area contributed by atoms with E-state index in [1.54, 1.807) is 42.5 Å². The van der Waals surface area contributed by atoms with Crippen LogP contribution >= 0.6 is 0 Å². The SMILES string of the molecule is CCOc1ccc(Oc2ccc(S(=O)(=O)N3CCOCC3)cc2NC(=O)C2COc3ccccc3O2)cc1. The predicted octanol–water partition coefficient (Wildman–Crippen LogP) is 3.68. The molecule has 0 spiro atoms. The van der Waals surface area contributed by atoms with Crippen molar-refractivity contribution in [2.75, 3.05) is 44.8 Å². The Balaban J connectivity index is 1.42. The first-order valence-corrected chi connectivity index (χ1v) is 13.7. The third kappa shape index (κ3) is 5.69. The molecule has 1 amide bonds. The highest BCUT2D eigenvalue weighted by molar-refractivity contribution is 7.89. The van der Waals surface area contributed by atoms with E-state index < -0.39 is 22.0 Å². The number of nitrogens with one attached hydrogen (secondary N) is 1. The highest BCUT2D eigenvalue weighted by Crippen LogP contribution is 2.35. The molecule has 38 heavy (non-hydrogen) atoms. The molecule has 5 rings (SSSR count). The van der Waals surface area contributed by atoms with Crippen LogP contribution in [-0.4, -0.2) is 64.3 Å². The van der Waals surface area contributed by atoms with E-state index in [4.69, 9.17) is 23.7 Å². The maximum absolute atomic E-state index is 13.3. The van der Waals surface area contributed by atoms with Crippen LogP contribution in [0.5, 0.6) is 28.7 Å². The van der Waals surface area contributed by atoms with Gasteiger partial charge in [-0.15, -0.1) is 0 Å². The highest BCUT2D eigenvalue weighted by Gasteiger charge is 2.30. The van der Waals surface area contributed by atoms with E-state index in [1.165, 1.54) is 22.5 Å². The van der Waals surface area contributed by atoms with Gasteiger partial charge in [0.25, 0.3) is 5.91 Å². The summed E-state index contributed by atoms with van der Waals surface area (Å²) in [6, 6.07) is 18.4. The Labute approximate surface area is 221 Å². The average Bonchev–Trinajstić information content (AvgIpc) is 2.95. The number of anilines is 1. The quantitative estimate of drug-likeness (QED) is 0.461. The third-order valence-corrected chi connectivity index (χ3v) is 7.87. The lowest BCUT2D eigenvalue weighted by atomic mass is 10.2. The van der Waals surface area contributed by atoms with Crippen molar-refractivity contribution in [1.29, 1.82) is 0 Å². The van der Waals surface area contributed by atoms with Crippen molar-refractivity contribution >= 4 is 21.6 Å². The zero-order valence-electron chi connectivity index (χ0n) is 20.8. The Morgan fingerprint density at radius 1 is 1.00 bits per heavy atom. The molecule has 2 aliphatic rings. The number of fused-ring (bicyclic) bond motifs is 1. The molecule has 1 N–H and O–H groups in total. The number of carbonyl (C=O) groups is 1. The first kappa shape index (κ1) is 25.8. The summed E-state index contributed by atoms with van der Waals surface area (Å²) in [5, 5.41) is 2.78. The number of carbonyl (C=O) groups excluding carboxylic acids is 1. The number of hydrogen-bond acceptors (Lipinski definition) is 8. The summed E-state index contributed by atoms with van der Waals surface area (Å²) in [7, 11) is -3.81. The van der Waals surface area contributed by atoms with Crippen LogP contribution in [-0.2, 0) is 19.6 Å². The molecule has 0 radical (unpaired) electrons. The highest BCUT2D eigenvalue weighted by atomic mass is 32.2. The second kappa shape index (κ2) is 11.3. The van der Waals surface area contributed by atoms with Crippen LogP contribution in [0.2, 0.25) is 0 Å². The molecule has 0 aromatic heterocycles. The van der Waals surface area contributed by atoms with Gasteiger partial charge in [-0.2, -0.15) is 4.31 Å². The molecule has 1 unspecified atom stereocenters. The van der Waals surface area contributed by atoms with Gasteiger partial charge in [0.15, 0.2) is 17.2 Å². The lowest BCUT2D eigenvalue weighted by Crippen LogP contribution is -2.41. The first-order chi connectivity index (χ1) is 18.4. The Morgan fingerprint density at radius 2 is 1.71 bits per heavy atom. The summed E-state index contributed by atoms with van der Waals surface area (Å²) in [5.74, 6) is 1.94. The molecule has 2 heterocycles. The van der Waals surface area contributed by atoms with Crippen molar-refractivity contribution in [3.05, 3.63) is 66.7 Å². The van der Waals surface area contributed by atoms with Crippen LogP contribution in [0.3, 0.4) is 0 Å². The molecule has 2 aliphatic heterocycles. The molecule has 1 fully saturated rings. The molecule has 0 aliphatic carbocycles. The number of nitrogens with zero attached hydrogens (tertiary/aromatic N) is 1. The zero-order chi connectivity index (χ0) is 26.5. The van der Waals surface area contributed by atoms with Gasteiger partial charge < -0.3 is 29.0 Å². The summed E-state index contributed by atoms with van der Waals surface area (Å²) in [6.45, 7) is 3.58. The van der Waals surface area contributed by atoms with E-state index >= 15 is 0 Å². The number of benzene rings is 3. The fraction of sp³-hybridized carbons (Fsp3) is 0.296. The minimum Gasteiger partial charge on any atom is -0.494 e. The molecular weight excluding hydrogens is 512 g/mol. The monoisotopic (exact) mass is 540 g/mol. The number of sulfonamides is 1. The summed E-state index contributed by atoms with van der Waals surface area (Å²) >= 11 is 0. The lowest BCUT2D eigenvalue weighted by Gasteiger charge is -2.27. The summed E-state index contributed by atoms with van der Waals surface area (Å²) in [5.41, 5.74) is 0.181. The van der Waals surface area contributed by atoms with Gasteiger partial charge in [0.1, 0.15) is 18.1 Å². The molecule has 0 bridgehead atoms. The van der Waals surface area contributed by atoms with Crippen molar-refractivity contribution in [2.45, 2.75) is 17.9 Å². The Bertz CT molecular complexity index is 1390. The third-order valence-electron chi connectivity index (χ3n) is 5.98. The van der Waals surface area contributed by atoms with E-state index in [1.807, 2.05) is 13.0 Å². The summed E-state index contributed by atoms with van der Waals surface area (Å²) < 4.78 is 56.2. The second-order valence-corrected chi connectivity index (χ2v) is 10.5. The van der Waals surface area contributed by atoms with Gasteiger partial charge >= 0.3 is 0 Å². The molecule has 3 aromatic carbocycles.